The molecule has 0 saturated heterocycles. The average Bonchev–Trinajstić information content (AvgIpc) is 3.41. The van der Waals surface area contributed by atoms with Crippen molar-refractivity contribution >= 4 is 11.3 Å². The Hall–Kier alpha value is -2.84. The van der Waals surface area contributed by atoms with Crippen LogP contribution in [0, 0.1) is 5.82 Å². The van der Waals surface area contributed by atoms with Crippen LogP contribution in [0.5, 0.6) is 0 Å². The van der Waals surface area contributed by atoms with E-state index >= 15 is 0 Å². The number of rotatable bonds is 3. The molecule has 0 saturated carbocycles. The summed E-state index contributed by atoms with van der Waals surface area (Å²) in [6.45, 7) is 0.965. The van der Waals surface area contributed by atoms with Crippen molar-refractivity contribution in [1.82, 2.24) is 19.7 Å². The summed E-state index contributed by atoms with van der Waals surface area (Å²) in [5.41, 5.74) is 3.39. The van der Waals surface area contributed by atoms with E-state index < -0.39 is 0 Å². The quantitative estimate of drug-likeness (QED) is 0.545. The van der Waals surface area contributed by atoms with E-state index in [1.54, 1.807) is 29.8 Å². The minimum atomic E-state index is -0.256. The van der Waals surface area contributed by atoms with Crippen molar-refractivity contribution in [2.24, 2.45) is 0 Å². The minimum Gasteiger partial charge on any atom is -0.365 e. The summed E-state index contributed by atoms with van der Waals surface area (Å²) in [5, 5.41) is 7.96. The second-order valence-corrected chi connectivity index (χ2v) is 6.76. The van der Waals surface area contributed by atoms with Gasteiger partial charge in [-0.2, -0.15) is 16.3 Å². The van der Waals surface area contributed by atoms with Crippen molar-refractivity contribution in [3.63, 3.8) is 0 Å². The Morgan fingerprint density at radius 2 is 2.08 bits per heavy atom. The third-order valence-electron chi connectivity index (χ3n) is 4.38. The summed E-state index contributed by atoms with van der Waals surface area (Å²) in [7, 11) is 0. The minimum absolute atomic E-state index is 0.144. The van der Waals surface area contributed by atoms with Crippen LogP contribution >= 0.6 is 11.3 Å². The highest BCUT2D eigenvalue weighted by molar-refractivity contribution is 7.08. The lowest BCUT2D eigenvalue weighted by atomic mass is 10.1. The van der Waals surface area contributed by atoms with E-state index in [4.69, 9.17) is 9.26 Å². The molecule has 26 heavy (non-hydrogen) atoms. The molecule has 3 aromatic heterocycles. The monoisotopic (exact) mass is 368 g/mol. The van der Waals surface area contributed by atoms with Crippen molar-refractivity contribution < 1.29 is 13.7 Å². The van der Waals surface area contributed by atoms with Gasteiger partial charge in [-0.15, -0.1) is 0 Å². The predicted molar refractivity (Wildman–Crippen MR) is 92.8 cm³/mol. The fourth-order valence-electron chi connectivity index (χ4n) is 3.01. The van der Waals surface area contributed by atoms with Gasteiger partial charge in [0.25, 0.3) is 5.89 Å². The zero-order valence-electron chi connectivity index (χ0n) is 13.5. The number of ether oxygens (including phenoxy) is 1. The Morgan fingerprint density at radius 1 is 1.19 bits per heavy atom. The van der Waals surface area contributed by atoms with Gasteiger partial charge in [0.2, 0.25) is 5.82 Å². The highest BCUT2D eigenvalue weighted by Gasteiger charge is 2.26. The molecule has 0 bridgehead atoms. The molecule has 1 atom stereocenters. The maximum atomic E-state index is 13.1. The molecule has 0 N–H and O–H groups in total. The Kier molecular flexibility index (Phi) is 3.65. The summed E-state index contributed by atoms with van der Waals surface area (Å²) < 4.78 is 26.5. The van der Waals surface area contributed by atoms with Gasteiger partial charge in [0.15, 0.2) is 5.69 Å². The molecule has 4 aromatic rings. The summed E-state index contributed by atoms with van der Waals surface area (Å²) in [5.74, 6) is 0.667. The van der Waals surface area contributed by atoms with Crippen molar-refractivity contribution in [3.05, 3.63) is 64.5 Å². The fourth-order valence-corrected chi connectivity index (χ4v) is 3.65. The number of fused-ring (bicyclic) bond motifs is 1. The fraction of sp³-hybridized carbons (Fsp3) is 0.167. The number of hydrogen-bond donors (Lipinski definition) is 0. The molecule has 0 amide bonds. The van der Waals surface area contributed by atoms with Crippen LogP contribution in [0.25, 0.3) is 23.0 Å². The summed E-state index contributed by atoms with van der Waals surface area (Å²) in [6, 6.07) is 8.32. The molecule has 8 heteroatoms. The van der Waals surface area contributed by atoms with Gasteiger partial charge in [-0.05, 0) is 29.1 Å². The molecule has 130 valence electrons. The van der Waals surface area contributed by atoms with E-state index in [-0.39, 0.29) is 11.9 Å². The maximum Gasteiger partial charge on any atom is 0.278 e. The van der Waals surface area contributed by atoms with Crippen molar-refractivity contribution in [3.8, 4) is 23.0 Å². The number of nitrogens with zero attached hydrogens (tertiary/aromatic N) is 4. The first-order valence-electron chi connectivity index (χ1n) is 8.05. The second-order valence-electron chi connectivity index (χ2n) is 5.98. The van der Waals surface area contributed by atoms with E-state index in [9.17, 15) is 4.39 Å². The average molecular weight is 368 g/mol. The first-order valence-corrected chi connectivity index (χ1v) is 9.00. The van der Waals surface area contributed by atoms with Crippen molar-refractivity contribution in [2.75, 3.05) is 0 Å². The third kappa shape index (κ3) is 2.63. The van der Waals surface area contributed by atoms with Crippen LogP contribution in [-0.4, -0.2) is 19.7 Å². The molecule has 0 unspecified atom stereocenters. The van der Waals surface area contributed by atoms with Gasteiger partial charge >= 0.3 is 0 Å². The van der Waals surface area contributed by atoms with Gasteiger partial charge in [-0.1, -0.05) is 17.3 Å². The van der Waals surface area contributed by atoms with Crippen LogP contribution in [0.1, 0.15) is 17.4 Å². The molecule has 0 aliphatic carbocycles. The van der Waals surface area contributed by atoms with Crippen LogP contribution in [0.4, 0.5) is 4.39 Å². The van der Waals surface area contributed by atoms with Crippen LogP contribution in [0.3, 0.4) is 0 Å². The van der Waals surface area contributed by atoms with Crippen molar-refractivity contribution in [1.29, 1.82) is 0 Å². The number of benzene rings is 1. The van der Waals surface area contributed by atoms with E-state index in [1.165, 1.54) is 12.1 Å². The highest BCUT2D eigenvalue weighted by Crippen LogP contribution is 2.32. The molecule has 1 aliphatic heterocycles. The largest absolute Gasteiger partial charge is 0.365 e. The van der Waals surface area contributed by atoms with Crippen LogP contribution in [0.15, 0.2) is 51.9 Å². The molecule has 0 radical (unpaired) electrons. The number of aromatic nitrogens is 4. The van der Waals surface area contributed by atoms with Crippen LogP contribution in [-0.2, 0) is 17.9 Å². The van der Waals surface area contributed by atoms with E-state index in [2.05, 4.69) is 15.1 Å². The lowest BCUT2D eigenvalue weighted by molar-refractivity contribution is 0.00327. The SMILES string of the molecule is Fc1ccc([C@H]2Cn3cnc(-c4nc(-c5ccsc5)no4)c3CO2)cc1. The van der Waals surface area contributed by atoms with Gasteiger partial charge in [0.05, 0.1) is 25.2 Å². The van der Waals surface area contributed by atoms with Crippen LogP contribution < -0.4 is 0 Å². The molecular formula is C18H13FN4O2S. The number of thiophene rings is 1. The Labute approximate surface area is 151 Å². The Morgan fingerprint density at radius 3 is 2.88 bits per heavy atom. The lowest BCUT2D eigenvalue weighted by Crippen LogP contribution is -2.20. The van der Waals surface area contributed by atoms with E-state index in [1.807, 2.05) is 21.4 Å². The molecule has 1 aliphatic rings. The number of hydrogen-bond acceptors (Lipinski definition) is 6. The molecule has 4 heterocycles. The summed E-state index contributed by atoms with van der Waals surface area (Å²) in [4.78, 5) is 8.88. The van der Waals surface area contributed by atoms with E-state index in [0.717, 1.165) is 16.8 Å². The van der Waals surface area contributed by atoms with Crippen molar-refractivity contribution in [2.45, 2.75) is 19.3 Å². The second kappa shape index (κ2) is 6.15. The summed E-state index contributed by atoms with van der Waals surface area (Å²) >= 11 is 1.58. The maximum absolute atomic E-state index is 13.1. The highest BCUT2D eigenvalue weighted by atomic mass is 32.1. The number of halogens is 1. The molecule has 5 rings (SSSR count). The molecule has 6 nitrogen and oxygen atoms in total. The molecule has 0 spiro atoms. The standard InChI is InChI=1S/C18H13FN4O2S/c19-13-3-1-11(2-4-13)15-7-23-10-20-16(14(23)8-24-15)18-21-17(22-25-18)12-5-6-26-9-12/h1-6,9-10,15H,7-8H2/t15-/m1/s1. The first kappa shape index (κ1) is 15.4. The zero-order valence-corrected chi connectivity index (χ0v) is 14.3. The van der Waals surface area contributed by atoms with Gasteiger partial charge in [-0.25, -0.2) is 9.37 Å². The normalized spacial score (nSPS) is 16.6. The predicted octanol–water partition coefficient (Wildman–Crippen LogP) is 4.07. The Balaban J connectivity index is 1.42. The van der Waals surface area contributed by atoms with Gasteiger partial charge < -0.3 is 13.8 Å². The lowest BCUT2D eigenvalue weighted by Gasteiger charge is -2.25. The van der Waals surface area contributed by atoms with E-state index in [0.29, 0.717) is 30.6 Å². The molecule has 1 aromatic carbocycles. The molecular weight excluding hydrogens is 355 g/mol. The summed E-state index contributed by atoms with van der Waals surface area (Å²) in [6.07, 6.45) is 1.60. The first-order chi connectivity index (χ1) is 12.8. The smallest absolute Gasteiger partial charge is 0.278 e. The van der Waals surface area contributed by atoms with Gasteiger partial charge in [0, 0.05) is 10.9 Å². The molecule has 0 fully saturated rings. The Bertz CT molecular complexity index is 1040. The third-order valence-corrected chi connectivity index (χ3v) is 5.06. The topological polar surface area (TPSA) is 66.0 Å². The van der Waals surface area contributed by atoms with Gasteiger partial charge in [0.1, 0.15) is 11.9 Å². The zero-order chi connectivity index (χ0) is 17.5. The van der Waals surface area contributed by atoms with Crippen LogP contribution in [0.2, 0.25) is 0 Å². The van der Waals surface area contributed by atoms with Gasteiger partial charge in [-0.3, -0.25) is 0 Å². The number of imidazole rings is 1.